The molecule has 0 aliphatic heterocycles. The molecule has 19 heavy (non-hydrogen) atoms. The molecule has 104 valence electrons. The van der Waals surface area contributed by atoms with Crippen molar-refractivity contribution >= 4 is 34.8 Å². The molecule has 0 fully saturated rings. The third-order valence-electron chi connectivity index (χ3n) is 2.29. The number of nitro benzene ring substituents is 1. The Morgan fingerprint density at radius 1 is 1.58 bits per heavy atom. The van der Waals surface area contributed by atoms with Gasteiger partial charge in [-0.3, -0.25) is 14.9 Å². The van der Waals surface area contributed by atoms with Crippen LogP contribution in [0.5, 0.6) is 0 Å². The zero-order valence-electron chi connectivity index (χ0n) is 10.1. The van der Waals surface area contributed by atoms with Crippen molar-refractivity contribution in [3.05, 3.63) is 38.9 Å². The number of benzene rings is 1. The molecular formula is C11H12Cl2N2O4. The van der Waals surface area contributed by atoms with Crippen molar-refractivity contribution < 1.29 is 14.5 Å². The fourth-order valence-electron chi connectivity index (χ4n) is 1.44. The van der Waals surface area contributed by atoms with Crippen LogP contribution in [0.15, 0.2) is 18.2 Å². The van der Waals surface area contributed by atoms with Gasteiger partial charge in [-0.2, -0.15) is 0 Å². The minimum absolute atomic E-state index is 0.0689. The quantitative estimate of drug-likeness (QED) is 0.496. The van der Waals surface area contributed by atoms with Crippen LogP contribution in [0.2, 0.25) is 5.02 Å². The minimum Gasteiger partial charge on any atom is -0.383 e. The first-order valence-electron chi connectivity index (χ1n) is 5.29. The van der Waals surface area contributed by atoms with Gasteiger partial charge >= 0.3 is 0 Å². The normalized spacial score (nSPS) is 11.9. The highest BCUT2D eigenvalue weighted by Crippen LogP contribution is 2.23. The number of nitrogens with zero attached hydrogens (tertiary/aromatic N) is 1. The number of nitro groups is 1. The number of carbonyl (C=O) groups is 1. The predicted octanol–water partition coefficient (Wildman–Crippen LogP) is 2.23. The maximum atomic E-state index is 12.0. The van der Waals surface area contributed by atoms with Crippen LogP contribution in [0.25, 0.3) is 0 Å². The lowest BCUT2D eigenvalue weighted by Gasteiger charge is -2.14. The summed E-state index contributed by atoms with van der Waals surface area (Å²) in [4.78, 5) is 22.2. The number of hydrogen-bond donors (Lipinski definition) is 1. The molecule has 1 atom stereocenters. The van der Waals surface area contributed by atoms with Crippen molar-refractivity contribution in [1.29, 1.82) is 0 Å². The molecule has 0 aliphatic carbocycles. The van der Waals surface area contributed by atoms with Crippen molar-refractivity contribution in [1.82, 2.24) is 5.32 Å². The Labute approximate surface area is 119 Å². The lowest BCUT2D eigenvalue weighted by molar-refractivity contribution is -0.385. The third-order valence-corrected chi connectivity index (χ3v) is 2.90. The molecule has 1 N–H and O–H groups in total. The molecule has 1 rings (SSSR count). The smallest absolute Gasteiger partial charge is 0.283 e. The van der Waals surface area contributed by atoms with E-state index in [9.17, 15) is 14.9 Å². The maximum Gasteiger partial charge on any atom is 0.283 e. The number of methoxy groups -OCH3 is 1. The molecule has 0 radical (unpaired) electrons. The largest absolute Gasteiger partial charge is 0.383 e. The van der Waals surface area contributed by atoms with Crippen molar-refractivity contribution in [2.75, 3.05) is 19.6 Å². The molecule has 0 spiro atoms. The lowest BCUT2D eigenvalue weighted by atomic mass is 10.1. The van der Waals surface area contributed by atoms with Crippen LogP contribution in [0.1, 0.15) is 10.4 Å². The molecule has 0 saturated heterocycles. The summed E-state index contributed by atoms with van der Waals surface area (Å²) in [6.07, 6.45) is 0. The highest BCUT2D eigenvalue weighted by molar-refractivity contribution is 6.31. The highest BCUT2D eigenvalue weighted by Gasteiger charge is 2.22. The Kier molecular flexibility index (Phi) is 6.01. The van der Waals surface area contributed by atoms with Gasteiger partial charge in [0.15, 0.2) is 0 Å². The number of nitrogens with one attached hydrogen (secondary N) is 1. The summed E-state index contributed by atoms with van der Waals surface area (Å²) in [6.45, 7) is 0.219. The summed E-state index contributed by atoms with van der Waals surface area (Å²) in [6, 6.07) is 3.42. The van der Waals surface area contributed by atoms with Gasteiger partial charge in [-0.1, -0.05) is 11.6 Å². The topological polar surface area (TPSA) is 81.5 Å². The first kappa shape index (κ1) is 15.7. The Morgan fingerprint density at radius 3 is 2.79 bits per heavy atom. The molecule has 1 aromatic rings. The standard InChI is InChI=1S/C11H12Cl2N2O4/c1-19-6-8(5-12)14-11(16)9-3-2-7(13)4-10(9)15(17)18/h2-4,8H,5-6H2,1H3,(H,14,16). The van der Waals surface area contributed by atoms with Crippen LogP contribution in [0.4, 0.5) is 5.69 Å². The second kappa shape index (κ2) is 7.28. The van der Waals surface area contributed by atoms with E-state index in [2.05, 4.69) is 5.32 Å². The van der Waals surface area contributed by atoms with Gasteiger partial charge < -0.3 is 10.1 Å². The van der Waals surface area contributed by atoms with Gasteiger partial charge in [0.25, 0.3) is 11.6 Å². The predicted molar refractivity (Wildman–Crippen MR) is 72.0 cm³/mol. The van der Waals surface area contributed by atoms with E-state index in [1.165, 1.54) is 19.2 Å². The van der Waals surface area contributed by atoms with Crippen molar-refractivity contribution in [2.24, 2.45) is 0 Å². The molecule has 0 saturated carbocycles. The van der Waals surface area contributed by atoms with Crippen molar-refractivity contribution in [3.63, 3.8) is 0 Å². The second-order valence-corrected chi connectivity index (χ2v) is 4.44. The van der Waals surface area contributed by atoms with Crippen LogP contribution >= 0.6 is 23.2 Å². The number of rotatable bonds is 6. The zero-order valence-corrected chi connectivity index (χ0v) is 11.6. The van der Waals surface area contributed by atoms with Gasteiger partial charge in [0, 0.05) is 24.1 Å². The summed E-state index contributed by atoms with van der Waals surface area (Å²) in [5, 5.41) is 13.6. The molecule has 0 aliphatic rings. The van der Waals surface area contributed by atoms with Crippen LogP contribution in [0, 0.1) is 10.1 Å². The summed E-state index contributed by atoms with van der Waals surface area (Å²) in [5.41, 5.74) is -0.420. The first-order chi connectivity index (χ1) is 8.99. The summed E-state index contributed by atoms with van der Waals surface area (Å²) >= 11 is 11.3. The number of carbonyl (C=O) groups excluding carboxylic acids is 1. The lowest BCUT2D eigenvalue weighted by Crippen LogP contribution is -2.39. The molecule has 0 bridgehead atoms. The number of ether oxygens (including phenoxy) is 1. The molecule has 1 amide bonds. The average Bonchev–Trinajstić information content (AvgIpc) is 2.37. The van der Waals surface area contributed by atoms with E-state index in [4.69, 9.17) is 27.9 Å². The van der Waals surface area contributed by atoms with E-state index in [-0.39, 0.29) is 28.8 Å². The molecular weight excluding hydrogens is 295 g/mol. The minimum atomic E-state index is -0.660. The first-order valence-corrected chi connectivity index (χ1v) is 6.20. The molecule has 8 heteroatoms. The zero-order chi connectivity index (χ0) is 14.4. The van der Waals surface area contributed by atoms with Crippen LogP contribution < -0.4 is 5.32 Å². The second-order valence-electron chi connectivity index (χ2n) is 3.70. The van der Waals surface area contributed by atoms with Crippen molar-refractivity contribution in [3.8, 4) is 0 Å². The summed E-state index contributed by atoms with van der Waals surface area (Å²) in [5.74, 6) is -0.452. The number of halogens is 2. The number of hydrogen-bond acceptors (Lipinski definition) is 4. The van der Waals surface area contributed by atoms with Gasteiger partial charge in [0.2, 0.25) is 0 Å². The van der Waals surface area contributed by atoms with Gasteiger partial charge in [-0.25, -0.2) is 0 Å². The monoisotopic (exact) mass is 306 g/mol. The Hall–Kier alpha value is -1.37. The van der Waals surface area contributed by atoms with Gasteiger partial charge in [0.1, 0.15) is 5.56 Å². The van der Waals surface area contributed by atoms with E-state index in [0.29, 0.717) is 0 Å². The third kappa shape index (κ3) is 4.34. The van der Waals surface area contributed by atoms with Gasteiger partial charge in [-0.15, -0.1) is 11.6 Å². The van der Waals surface area contributed by atoms with E-state index in [1.54, 1.807) is 0 Å². The summed E-state index contributed by atoms with van der Waals surface area (Å²) in [7, 11) is 1.47. The van der Waals surface area contributed by atoms with E-state index in [0.717, 1.165) is 6.07 Å². The van der Waals surface area contributed by atoms with Gasteiger partial charge in [0.05, 0.1) is 17.6 Å². The van der Waals surface area contributed by atoms with Crippen LogP contribution in [0.3, 0.4) is 0 Å². The summed E-state index contributed by atoms with van der Waals surface area (Å²) < 4.78 is 4.87. The fraction of sp³-hybridized carbons (Fsp3) is 0.364. The molecule has 0 heterocycles. The van der Waals surface area contributed by atoms with E-state index < -0.39 is 16.9 Å². The number of alkyl halides is 1. The highest BCUT2D eigenvalue weighted by atomic mass is 35.5. The van der Waals surface area contributed by atoms with Crippen LogP contribution in [-0.2, 0) is 4.74 Å². The van der Waals surface area contributed by atoms with E-state index >= 15 is 0 Å². The maximum absolute atomic E-state index is 12.0. The van der Waals surface area contributed by atoms with Crippen molar-refractivity contribution in [2.45, 2.75) is 6.04 Å². The SMILES string of the molecule is COCC(CCl)NC(=O)c1ccc(Cl)cc1[N+](=O)[O-]. The number of amides is 1. The Bertz CT molecular complexity index is 482. The fourth-order valence-corrected chi connectivity index (χ4v) is 1.77. The molecule has 0 aromatic heterocycles. The molecule has 6 nitrogen and oxygen atoms in total. The Morgan fingerprint density at radius 2 is 2.26 bits per heavy atom. The van der Waals surface area contributed by atoms with E-state index in [1.807, 2.05) is 0 Å². The molecule has 1 unspecified atom stereocenters. The Balaban J connectivity index is 2.96. The van der Waals surface area contributed by atoms with Gasteiger partial charge in [-0.05, 0) is 12.1 Å². The molecule has 1 aromatic carbocycles. The van der Waals surface area contributed by atoms with Crippen LogP contribution in [-0.4, -0.2) is 36.5 Å². The average molecular weight is 307 g/mol.